The van der Waals surface area contributed by atoms with Gasteiger partial charge in [-0.2, -0.15) is 0 Å². The van der Waals surface area contributed by atoms with Crippen molar-refractivity contribution < 1.29 is 18.7 Å². The Kier molecular flexibility index (Phi) is 4.86. The molecule has 0 spiro atoms. The van der Waals surface area contributed by atoms with Crippen molar-refractivity contribution >= 4 is 17.2 Å². The normalized spacial score (nSPS) is 11.8. The fourth-order valence-electron chi connectivity index (χ4n) is 2.47. The van der Waals surface area contributed by atoms with E-state index in [2.05, 4.69) is 5.32 Å². The topological polar surface area (TPSA) is 49.3 Å². The van der Waals surface area contributed by atoms with Crippen LogP contribution in [0.1, 0.15) is 22.0 Å². The van der Waals surface area contributed by atoms with Crippen LogP contribution in [0.5, 0.6) is 0 Å². The molecule has 0 aliphatic rings. The van der Waals surface area contributed by atoms with E-state index >= 15 is 0 Å². The quantitative estimate of drug-likeness (QED) is 0.667. The Bertz CT molecular complexity index is 897. The van der Waals surface area contributed by atoms with E-state index in [4.69, 9.17) is 0 Å². The lowest BCUT2D eigenvalue weighted by molar-refractivity contribution is 0.0748. The Morgan fingerprint density at radius 1 is 0.880 bits per heavy atom. The average molecular weight is 339 g/mol. The minimum atomic E-state index is -1.31. The van der Waals surface area contributed by atoms with Gasteiger partial charge < -0.3 is 10.4 Å². The lowest BCUT2D eigenvalue weighted by atomic mass is 9.98. The Hall–Kier alpha value is -3.05. The molecular weight excluding hydrogens is 324 g/mol. The summed E-state index contributed by atoms with van der Waals surface area (Å²) in [5, 5.41) is 13.2. The van der Waals surface area contributed by atoms with Gasteiger partial charge in [0, 0.05) is 23.0 Å². The van der Waals surface area contributed by atoms with Gasteiger partial charge in [0.25, 0.3) is 0 Å². The third-order valence-electron chi connectivity index (χ3n) is 3.75. The van der Waals surface area contributed by atoms with Crippen LogP contribution in [0, 0.1) is 11.6 Å². The highest BCUT2D eigenvalue weighted by Crippen LogP contribution is 2.26. The van der Waals surface area contributed by atoms with Gasteiger partial charge in [0.2, 0.25) is 0 Å². The molecule has 0 fully saturated rings. The van der Waals surface area contributed by atoms with E-state index in [1.54, 1.807) is 54.6 Å². The van der Waals surface area contributed by atoms with Crippen molar-refractivity contribution in [3.8, 4) is 0 Å². The monoisotopic (exact) mass is 339 g/mol. The summed E-state index contributed by atoms with van der Waals surface area (Å²) in [6.45, 7) is 0. The van der Waals surface area contributed by atoms with E-state index in [9.17, 15) is 18.7 Å². The Labute approximate surface area is 143 Å². The van der Waals surface area contributed by atoms with Crippen LogP contribution in [-0.4, -0.2) is 10.9 Å². The van der Waals surface area contributed by atoms with Crippen LogP contribution in [0.4, 0.5) is 20.2 Å². The predicted octanol–water partition coefficient (Wildman–Crippen LogP) is 4.62. The summed E-state index contributed by atoms with van der Waals surface area (Å²) in [4.78, 5) is 12.7. The first-order valence-corrected chi connectivity index (χ1v) is 7.64. The van der Waals surface area contributed by atoms with Gasteiger partial charge in [0.05, 0.1) is 0 Å². The van der Waals surface area contributed by atoms with E-state index in [0.29, 0.717) is 16.9 Å². The number of anilines is 2. The number of carbonyl (C=O) groups is 1. The van der Waals surface area contributed by atoms with Gasteiger partial charge in [-0.1, -0.05) is 42.5 Å². The number of aliphatic hydroxyl groups excluding tert-OH is 1. The molecule has 0 aliphatic carbocycles. The molecule has 0 saturated carbocycles. The Morgan fingerprint density at radius 3 is 2.28 bits per heavy atom. The SMILES string of the molecule is O=C(c1ccccc1Nc1ccc(F)c(F)c1)C(O)c1ccccc1. The van der Waals surface area contributed by atoms with Gasteiger partial charge in [-0.05, 0) is 29.8 Å². The van der Waals surface area contributed by atoms with Gasteiger partial charge in [0.1, 0.15) is 6.10 Å². The maximum atomic E-state index is 13.4. The molecule has 0 amide bonds. The van der Waals surface area contributed by atoms with Crippen molar-refractivity contribution in [2.45, 2.75) is 6.10 Å². The Morgan fingerprint density at radius 2 is 1.56 bits per heavy atom. The largest absolute Gasteiger partial charge is 0.380 e. The number of nitrogens with one attached hydrogen (secondary N) is 1. The highest BCUT2D eigenvalue weighted by molar-refractivity contribution is 6.04. The van der Waals surface area contributed by atoms with Gasteiger partial charge in [-0.3, -0.25) is 4.79 Å². The number of ketones is 1. The van der Waals surface area contributed by atoms with Gasteiger partial charge in [-0.15, -0.1) is 0 Å². The summed E-state index contributed by atoms with van der Waals surface area (Å²) in [6, 6.07) is 18.5. The summed E-state index contributed by atoms with van der Waals surface area (Å²) >= 11 is 0. The molecule has 3 aromatic carbocycles. The molecule has 3 nitrogen and oxygen atoms in total. The number of rotatable bonds is 5. The average Bonchev–Trinajstić information content (AvgIpc) is 2.65. The second-order valence-corrected chi connectivity index (χ2v) is 5.48. The van der Waals surface area contributed by atoms with Crippen molar-refractivity contribution in [3.63, 3.8) is 0 Å². The number of Topliss-reactive ketones (excluding diaryl/α,β-unsaturated/α-hetero) is 1. The maximum Gasteiger partial charge on any atom is 0.197 e. The number of carbonyl (C=O) groups excluding carboxylic acids is 1. The first-order chi connectivity index (χ1) is 12.1. The molecule has 1 unspecified atom stereocenters. The van der Waals surface area contributed by atoms with E-state index in [1.807, 2.05) is 0 Å². The van der Waals surface area contributed by atoms with E-state index in [-0.39, 0.29) is 5.56 Å². The minimum Gasteiger partial charge on any atom is -0.380 e. The summed E-state index contributed by atoms with van der Waals surface area (Å²) in [5.74, 6) is -2.43. The van der Waals surface area contributed by atoms with Crippen molar-refractivity contribution in [3.05, 3.63) is 95.6 Å². The first-order valence-electron chi connectivity index (χ1n) is 7.64. The minimum absolute atomic E-state index is 0.253. The van der Waals surface area contributed by atoms with E-state index in [0.717, 1.165) is 12.1 Å². The summed E-state index contributed by atoms with van der Waals surface area (Å²) in [7, 11) is 0. The number of hydrogen-bond donors (Lipinski definition) is 2. The smallest absolute Gasteiger partial charge is 0.197 e. The van der Waals surface area contributed by atoms with Crippen molar-refractivity contribution in [2.24, 2.45) is 0 Å². The van der Waals surface area contributed by atoms with Gasteiger partial charge in [0.15, 0.2) is 17.4 Å². The fourth-order valence-corrected chi connectivity index (χ4v) is 2.47. The molecule has 1 atom stereocenters. The molecule has 25 heavy (non-hydrogen) atoms. The third kappa shape index (κ3) is 3.72. The summed E-state index contributed by atoms with van der Waals surface area (Å²) in [6.07, 6.45) is -1.31. The van der Waals surface area contributed by atoms with Crippen LogP contribution < -0.4 is 5.32 Å². The molecule has 0 radical (unpaired) electrons. The summed E-state index contributed by atoms with van der Waals surface area (Å²) in [5.41, 5.74) is 1.43. The Balaban J connectivity index is 1.90. The van der Waals surface area contributed by atoms with E-state index < -0.39 is 23.5 Å². The molecule has 3 rings (SSSR count). The van der Waals surface area contributed by atoms with Gasteiger partial charge >= 0.3 is 0 Å². The summed E-state index contributed by atoms with van der Waals surface area (Å²) < 4.78 is 26.4. The fraction of sp³-hybridized carbons (Fsp3) is 0.0500. The molecule has 0 aliphatic heterocycles. The number of benzene rings is 3. The second kappa shape index (κ2) is 7.23. The highest BCUT2D eigenvalue weighted by Gasteiger charge is 2.21. The maximum absolute atomic E-state index is 13.4. The molecule has 2 N–H and O–H groups in total. The van der Waals surface area contributed by atoms with Crippen molar-refractivity contribution in [1.29, 1.82) is 0 Å². The van der Waals surface area contributed by atoms with Crippen LogP contribution in [0.3, 0.4) is 0 Å². The van der Waals surface area contributed by atoms with Crippen LogP contribution in [0.25, 0.3) is 0 Å². The zero-order chi connectivity index (χ0) is 17.8. The molecule has 0 aromatic heterocycles. The number of hydrogen-bond acceptors (Lipinski definition) is 3. The molecule has 0 bridgehead atoms. The molecule has 126 valence electrons. The predicted molar refractivity (Wildman–Crippen MR) is 91.8 cm³/mol. The molecule has 0 saturated heterocycles. The highest BCUT2D eigenvalue weighted by atomic mass is 19.2. The molecule has 0 heterocycles. The second-order valence-electron chi connectivity index (χ2n) is 5.48. The van der Waals surface area contributed by atoms with Crippen molar-refractivity contribution in [2.75, 3.05) is 5.32 Å². The molecular formula is C20H15F2NO2. The van der Waals surface area contributed by atoms with Crippen LogP contribution in [-0.2, 0) is 0 Å². The van der Waals surface area contributed by atoms with Crippen LogP contribution in [0.15, 0.2) is 72.8 Å². The van der Waals surface area contributed by atoms with Crippen LogP contribution in [0.2, 0.25) is 0 Å². The first kappa shape index (κ1) is 16.8. The molecule has 5 heteroatoms. The zero-order valence-electron chi connectivity index (χ0n) is 13.1. The third-order valence-corrected chi connectivity index (χ3v) is 3.75. The number of halogens is 2. The van der Waals surface area contributed by atoms with Gasteiger partial charge in [-0.25, -0.2) is 8.78 Å². The zero-order valence-corrected chi connectivity index (χ0v) is 13.1. The number of para-hydroxylation sites is 1. The lowest BCUT2D eigenvalue weighted by Gasteiger charge is -2.15. The molecule has 3 aromatic rings. The number of aliphatic hydroxyl groups is 1. The van der Waals surface area contributed by atoms with Crippen LogP contribution >= 0.6 is 0 Å². The van der Waals surface area contributed by atoms with Crippen molar-refractivity contribution in [1.82, 2.24) is 0 Å². The van der Waals surface area contributed by atoms with E-state index in [1.165, 1.54) is 6.07 Å². The lowest BCUT2D eigenvalue weighted by Crippen LogP contribution is -2.14. The standard InChI is InChI=1S/C20H15F2NO2/c21-16-11-10-14(12-17(16)22)23-18-9-5-4-8-15(18)20(25)19(24)13-6-2-1-3-7-13/h1-12,19,23-24H.